The van der Waals surface area contributed by atoms with Gasteiger partial charge in [-0.05, 0) is 273 Å². The Morgan fingerprint density at radius 2 is 0.460 bits per heavy atom. The highest BCUT2D eigenvalue weighted by molar-refractivity contribution is 6.11. The van der Waals surface area contributed by atoms with Gasteiger partial charge in [0.25, 0.3) is 0 Å². The van der Waals surface area contributed by atoms with Crippen LogP contribution in [0.3, 0.4) is 0 Å². The first-order chi connectivity index (χ1) is 60.7. The molecule has 0 saturated heterocycles. The van der Waals surface area contributed by atoms with Crippen molar-refractivity contribution in [2.45, 2.75) is 81.6 Å². The van der Waals surface area contributed by atoms with Gasteiger partial charge >= 0.3 is 0 Å². The van der Waals surface area contributed by atoms with Crippen molar-refractivity contribution in [3.05, 3.63) is 514 Å². The molecule has 0 atom stereocenters. The molecule has 0 N–H and O–H groups in total. The highest BCUT2D eigenvalue weighted by Crippen LogP contribution is 2.41. The van der Waals surface area contributed by atoms with E-state index in [4.69, 9.17) is 0 Å². The van der Waals surface area contributed by atoms with Crippen LogP contribution in [-0.2, 0) is 19.3 Å². The Labute approximate surface area is 731 Å². The molecule has 0 radical (unpaired) electrons. The van der Waals surface area contributed by atoms with Crippen molar-refractivity contribution in [2.24, 2.45) is 0 Å². The van der Waals surface area contributed by atoms with E-state index in [1.807, 2.05) is 0 Å². The molecule has 0 nitrogen and oxygen atoms in total. The van der Waals surface area contributed by atoms with E-state index in [9.17, 15) is 0 Å². The third-order valence-corrected chi connectivity index (χ3v) is 24.5. The largest absolute Gasteiger partial charge is 0.0619 e. The van der Waals surface area contributed by atoms with Gasteiger partial charge in [0.2, 0.25) is 0 Å². The van der Waals surface area contributed by atoms with Crippen LogP contribution in [0.15, 0.2) is 431 Å². The Balaban J connectivity index is 0.0000000990. The first-order valence-electron chi connectivity index (χ1n) is 43.6. The van der Waals surface area contributed by atoms with Crippen molar-refractivity contribution in [3.8, 4) is 33.4 Å². The van der Waals surface area contributed by atoms with Gasteiger partial charge in [0.05, 0.1) is 0 Å². The predicted octanol–water partition coefficient (Wildman–Crippen LogP) is 34.2. The molecule has 25 rings (SSSR count). The molecule has 0 saturated carbocycles. The van der Waals surface area contributed by atoms with Crippen LogP contribution in [0.25, 0.3) is 141 Å². The summed E-state index contributed by atoms with van der Waals surface area (Å²) >= 11 is 0. The van der Waals surface area contributed by atoms with Gasteiger partial charge in [-0.1, -0.05) is 464 Å². The van der Waals surface area contributed by atoms with E-state index in [-0.39, 0.29) is 0 Å². The van der Waals surface area contributed by atoms with E-state index in [1.165, 1.54) is 225 Å². The molecular weight excluding hydrogens is 1490 g/mol. The lowest BCUT2D eigenvalue weighted by Crippen LogP contribution is -1.82. The highest BCUT2D eigenvalue weighted by atomic mass is 14.2. The lowest BCUT2D eigenvalue weighted by molar-refractivity contribution is 1.25. The molecule has 0 unspecified atom stereocenters. The smallest absolute Gasteiger partial charge is 0.00134 e. The number of rotatable bonds is 0. The topological polar surface area (TPSA) is 0 Å². The van der Waals surface area contributed by atoms with E-state index in [0.29, 0.717) is 0 Å². The van der Waals surface area contributed by atoms with Gasteiger partial charge in [-0.2, -0.15) is 0 Å². The van der Waals surface area contributed by atoms with E-state index < -0.39 is 0 Å². The normalized spacial score (nSPS) is 11.3. The average molecular weight is 1590 g/mol. The molecule has 22 aromatic rings. The van der Waals surface area contributed by atoms with Gasteiger partial charge in [-0.15, -0.1) is 0 Å². The second-order valence-electron chi connectivity index (χ2n) is 33.6. The maximum atomic E-state index is 2.30. The van der Waals surface area contributed by atoms with Crippen molar-refractivity contribution in [1.82, 2.24) is 0 Å². The molecule has 124 heavy (non-hydrogen) atoms. The van der Waals surface area contributed by atoms with Gasteiger partial charge in [0.1, 0.15) is 0 Å². The predicted molar refractivity (Wildman–Crippen MR) is 540 cm³/mol. The van der Waals surface area contributed by atoms with Crippen LogP contribution in [0.5, 0.6) is 0 Å². The molecule has 0 heteroatoms. The quantitative estimate of drug-likeness (QED) is 0.133. The average Bonchev–Trinajstić information content (AvgIpc) is 1.52. The Morgan fingerprint density at radius 1 is 0.137 bits per heavy atom. The third kappa shape index (κ3) is 18.5. The molecule has 0 aliphatic heterocycles. The summed E-state index contributed by atoms with van der Waals surface area (Å²) in [6.45, 7) is 19.4. The molecule has 0 aromatic heterocycles. The first-order valence-corrected chi connectivity index (χ1v) is 43.6. The van der Waals surface area contributed by atoms with Crippen molar-refractivity contribution in [3.63, 3.8) is 0 Å². The Bertz CT molecular complexity index is 7530. The SMILES string of the molecule is Cc1cc2ccccc2c2ccccc12.Cc1ccc2c(c1)-c1ccccc1C2.Cc1ccc2c(c1)Cc1ccccc1-2.Cc1ccc2c(ccc3ccccc32)c1.Cc1ccc2ccc3ccccc3c2c1.Cc1ccc2ccccc2c1.Cc1ccc2ccccc2c1.Cc1cccc2c1-c1ccccc1C2.Cc1cccc2ccc3ccccc3c12. The minimum Gasteiger partial charge on any atom is -0.0619 e. The van der Waals surface area contributed by atoms with Crippen LogP contribution in [0.2, 0.25) is 0 Å². The lowest BCUT2D eigenvalue weighted by Gasteiger charge is -2.06. The third-order valence-electron chi connectivity index (χ3n) is 24.5. The second kappa shape index (κ2) is 37.6. The minimum absolute atomic E-state index is 1.10. The van der Waals surface area contributed by atoms with Crippen molar-refractivity contribution in [2.75, 3.05) is 0 Å². The molecule has 600 valence electrons. The summed E-state index contributed by atoms with van der Waals surface area (Å²) in [4.78, 5) is 0. The molecule has 0 heterocycles. The van der Waals surface area contributed by atoms with Crippen LogP contribution < -0.4 is 0 Å². The van der Waals surface area contributed by atoms with Crippen LogP contribution in [0.4, 0.5) is 0 Å². The summed E-state index contributed by atoms with van der Waals surface area (Å²) in [6, 6.07) is 154. The summed E-state index contributed by atoms with van der Waals surface area (Å²) in [5.41, 5.74) is 29.5. The van der Waals surface area contributed by atoms with Crippen LogP contribution in [0.1, 0.15) is 83.5 Å². The second-order valence-corrected chi connectivity index (χ2v) is 33.6. The van der Waals surface area contributed by atoms with Gasteiger partial charge in [-0.25, -0.2) is 0 Å². The summed E-state index contributed by atoms with van der Waals surface area (Å²) in [7, 11) is 0. The number of benzene rings is 22. The van der Waals surface area contributed by atoms with E-state index in [1.54, 1.807) is 0 Å². The van der Waals surface area contributed by atoms with E-state index >= 15 is 0 Å². The van der Waals surface area contributed by atoms with Gasteiger partial charge < -0.3 is 0 Å². The molecule has 22 aromatic carbocycles. The number of fused-ring (bicyclic) bond motifs is 23. The zero-order valence-corrected chi connectivity index (χ0v) is 72.6. The lowest BCUT2D eigenvalue weighted by atomic mass is 9.98. The summed E-state index contributed by atoms with van der Waals surface area (Å²) in [5, 5.41) is 26.7. The number of aryl methyl sites for hydroxylation is 9. The number of hydrogen-bond donors (Lipinski definition) is 0. The molecule has 0 fully saturated rings. The standard InChI is InChI=1S/4C15H12.3C14H12.2C11H10/c1-11-5-4-7-13-10-9-12-6-2-3-8-14(12)15(11)13;1-11-10-12-6-2-3-8-14(12)15-9-5-4-7-13(11)15;1-11-6-9-15-13(10-11)8-7-12-4-2-3-5-14(12)15;1-11-6-7-13-9-8-12-4-2-3-5-14(12)15(13)10-11;1-10-5-4-7-12-9-11-6-2-3-8-13(11)14(10)12;1-10-6-7-14-12(8-10)9-11-4-2-3-5-13(11)14;1-10-6-7-12-9-11-4-2-3-5-13(11)14(12)8-10;2*1-9-6-7-10-4-2-3-5-11(10)8-9/h4*2-10H,1H3;3*2-8H,9H2,1H3;2*2-8H,1H3. The summed E-state index contributed by atoms with van der Waals surface area (Å²) in [5.74, 6) is 0. The molecule has 0 amide bonds. The highest BCUT2D eigenvalue weighted by Gasteiger charge is 2.21. The maximum Gasteiger partial charge on any atom is -0.00134 e. The van der Waals surface area contributed by atoms with Crippen LogP contribution in [-0.4, -0.2) is 0 Å². The van der Waals surface area contributed by atoms with Crippen molar-refractivity contribution in [1.29, 1.82) is 0 Å². The monoisotopic (exact) mass is 1590 g/mol. The van der Waals surface area contributed by atoms with E-state index in [2.05, 4.69) is 493 Å². The van der Waals surface area contributed by atoms with Gasteiger partial charge in [0, 0.05) is 0 Å². The van der Waals surface area contributed by atoms with Crippen molar-refractivity contribution < 1.29 is 0 Å². The van der Waals surface area contributed by atoms with E-state index in [0.717, 1.165) is 19.3 Å². The maximum absolute atomic E-state index is 2.30. The zero-order valence-electron chi connectivity index (χ0n) is 72.6. The zero-order chi connectivity index (χ0) is 85.0. The molecule has 3 aliphatic rings. The fraction of sp³-hybridized carbons (Fsp3) is 0.0968. The molecular formula is C124H104. The fourth-order valence-corrected chi connectivity index (χ4v) is 18.2. The first kappa shape index (κ1) is 81.8. The van der Waals surface area contributed by atoms with Crippen molar-refractivity contribution >= 4 is 108 Å². The summed E-state index contributed by atoms with van der Waals surface area (Å²) < 4.78 is 0. The molecule has 0 bridgehead atoms. The van der Waals surface area contributed by atoms with Gasteiger partial charge in [-0.3, -0.25) is 0 Å². The van der Waals surface area contributed by atoms with Crippen LogP contribution >= 0.6 is 0 Å². The molecule has 0 spiro atoms. The fourth-order valence-electron chi connectivity index (χ4n) is 18.2. The Hall–Kier alpha value is -14.6. The van der Waals surface area contributed by atoms with Gasteiger partial charge in [0.15, 0.2) is 0 Å². The van der Waals surface area contributed by atoms with Crippen LogP contribution in [0, 0.1) is 62.3 Å². The number of hydrogen-bond acceptors (Lipinski definition) is 0. The minimum atomic E-state index is 1.10. The molecule has 3 aliphatic carbocycles. The summed E-state index contributed by atoms with van der Waals surface area (Å²) in [6.07, 6.45) is 3.31. The Kier molecular flexibility index (Phi) is 24.8. The Morgan fingerprint density at radius 3 is 1.08 bits per heavy atom.